The number of hydrogen-bond donors (Lipinski definition) is 1. The monoisotopic (exact) mass is 178 g/mol. The number of nitriles is 1. The highest BCUT2D eigenvalue weighted by Crippen LogP contribution is 2.10. The van der Waals surface area contributed by atoms with Gasteiger partial charge in [0.1, 0.15) is 11.9 Å². The van der Waals surface area contributed by atoms with Gasteiger partial charge in [0, 0.05) is 6.04 Å². The van der Waals surface area contributed by atoms with Crippen molar-refractivity contribution in [2.75, 3.05) is 0 Å². The van der Waals surface area contributed by atoms with E-state index in [1.54, 1.807) is 18.2 Å². The van der Waals surface area contributed by atoms with E-state index in [9.17, 15) is 4.39 Å². The van der Waals surface area contributed by atoms with Crippen LogP contribution in [0.5, 0.6) is 0 Å². The molecule has 0 saturated carbocycles. The van der Waals surface area contributed by atoms with Crippen molar-refractivity contribution >= 4 is 0 Å². The van der Waals surface area contributed by atoms with E-state index in [1.807, 2.05) is 6.92 Å². The number of nitrogens with zero attached hydrogens (tertiary/aromatic N) is 1. The summed E-state index contributed by atoms with van der Waals surface area (Å²) in [4.78, 5) is 0. The summed E-state index contributed by atoms with van der Waals surface area (Å²) in [5.74, 6) is -0.476. The van der Waals surface area contributed by atoms with E-state index in [0.717, 1.165) is 5.56 Å². The Kier molecular flexibility index (Phi) is 2.99. The maximum atomic E-state index is 12.9. The fraction of sp³-hybridized carbons (Fsp3) is 0.300. The van der Waals surface area contributed by atoms with E-state index in [0.29, 0.717) is 6.42 Å². The maximum Gasteiger partial charge on any atom is 0.140 e. The molecule has 13 heavy (non-hydrogen) atoms. The van der Waals surface area contributed by atoms with Crippen LogP contribution in [0.3, 0.4) is 0 Å². The Hall–Kier alpha value is -1.40. The smallest absolute Gasteiger partial charge is 0.140 e. The second kappa shape index (κ2) is 4.01. The predicted molar refractivity (Wildman–Crippen MR) is 48.5 cm³/mol. The van der Waals surface area contributed by atoms with Crippen LogP contribution in [0.15, 0.2) is 18.2 Å². The quantitative estimate of drug-likeness (QED) is 0.747. The summed E-state index contributed by atoms with van der Waals surface area (Å²) in [5, 5.41) is 8.56. The van der Waals surface area contributed by atoms with Gasteiger partial charge in [0.15, 0.2) is 0 Å². The molecule has 0 fully saturated rings. The van der Waals surface area contributed by atoms with Gasteiger partial charge in [-0.1, -0.05) is 6.07 Å². The average Bonchev–Trinajstić information content (AvgIpc) is 2.07. The van der Waals surface area contributed by atoms with Crippen LogP contribution in [-0.4, -0.2) is 6.04 Å². The van der Waals surface area contributed by atoms with E-state index in [-0.39, 0.29) is 11.6 Å². The molecule has 0 aliphatic heterocycles. The molecule has 1 atom stereocenters. The van der Waals surface area contributed by atoms with Gasteiger partial charge in [-0.25, -0.2) is 4.39 Å². The molecule has 0 spiro atoms. The molecule has 68 valence electrons. The summed E-state index contributed by atoms with van der Waals surface area (Å²) >= 11 is 0. The van der Waals surface area contributed by atoms with Gasteiger partial charge in [0.25, 0.3) is 0 Å². The number of halogens is 1. The van der Waals surface area contributed by atoms with Crippen LogP contribution in [-0.2, 0) is 6.42 Å². The van der Waals surface area contributed by atoms with Gasteiger partial charge in [-0.05, 0) is 31.0 Å². The first-order chi connectivity index (χ1) is 6.13. The van der Waals surface area contributed by atoms with Gasteiger partial charge in [-0.15, -0.1) is 0 Å². The van der Waals surface area contributed by atoms with Crippen LogP contribution >= 0.6 is 0 Å². The van der Waals surface area contributed by atoms with Crippen molar-refractivity contribution in [3.63, 3.8) is 0 Å². The van der Waals surface area contributed by atoms with Crippen LogP contribution in [0.2, 0.25) is 0 Å². The van der Waals surface area contributed by atoms with Gasteiger partial charge in [-0.3, -0.25) is 0 Å². The Labute approximate surface area is 76.8 Å². The zero-order chi connectivity index (χ0) is 9.84. The average molecular weight is 178 g/mol. The normalized spacial score (nSPS) is 12.2. The largest absolute Gasteiger partial charge is 0.328 e. The molecule has 0 aromatic heterocycles. The molecule has 1 rings (SSSR count). The molecule has 0 amide bonds. The molecule has 1 aromatic carbocycles. The Balaban J connectivity index is 2.95. The lowest BCUT2D eigenvalue weighted by Crippen LogP contribution is -2.17. The van der Waals surface area contributed by atoms with Crippen molar-refractivity contribution in [3.8, 4) is 6.07 Å². The molecule has 0 radical (unpaired) electrons. The lowest BCUT2D eigenvalue weighted by Gasteiger charge is -2.05. The zero-order valence-corrected chi connectivity index (χ0v) is 7.42. The van der Waals surface area contributed by atoms with Crippen molar-refractivity contribution in [2.24, 2.45) is 5.73 Å². The molecule has 0 bridgehead atoms. The summed E-state index contributed by atoms with van der Waals surface area (Å²) in [6.07, 6.45) is 0.662. The molecule has 1 aromatic rings. The van der Waals surface area contributed by atoms with Crippen molar-refractivity contribution < 1.29 is 4.39 Å². The van der Waals surface area contributed by atoms with Crippen LogP contribution < -0.4 is 5.73 Å². The number of benzene rings is 1. The summed E-state index contributed by atoms with van der Waals surface area (Å²) in [5.41, 5.74) is 6.56. The first-order valence-corrected chi connectivity index (χ1v) is 4.07. The summed E-state index contributed by atoms with van der Waals surface area (Å²) in [6.45, 7) is 1.87. The van der Waals surface area contributed by atoms with Crippen molar-refractivity contribution in [3.05, 3.63) is 35.1 Å². The van der Waals surface area contributed by atoms with Crippen LogP contribution in [0.4, 0.5) is 4.39 Å². The Bertz CT molecular complexity index is 339. The molecular weight excluding hydrogens is 167 g/mol. The first kappa shape index (κ1) is 9.69. The Morgan fingerprint density at radius 3 is 2.85 bits per heavy atom. The molecule has 2 N–H and O–H groups in total. The number of rotatable bonds is 2. The third-order valence-electron chi connectivity index (χ3n) is 1.71. The summed E-state index contributed by atoms with van der Waals surface area (Å²) in [6, 6.07) is 6.31. The molecule has 0 saturated heterocycles. The van der Waals surface area contributed by atoms with E-state index in [4.69, 9.17) is 11.0 Å². The molecule has 0 heterocycles. The van der Waals surface area contributed by atoms with Crippen LogP contribution in [0.25, 0.3) is 0 Å². The first-order valence-electron chi connectivity index (χ1n) is 4.07. The third kappa shape index (κ3) is 2.53. The summed E-state index contributed by atoms with van der Waals surface area (Å²) < 4.78 is 12.9. The van der Waals surface area contributed by atoms with E-state index in [1.165, 1.54) is 6.07 Å². The highest BCUT2D eigenvalue weighted by molar-refractivity contribution is 5.34. The minimum Gasteiger partial charge on any atom is -0.328 e. The van der Waals surface area contributed by atoms with Crippen LogP contribution in [0, 0.1) is 17.1 Å². The van der Waals surface area contributed by atoms with Gasteiger partial charge in [0.05, 0.1) is 5.56 Å². The van der Waals surface area contributed by atoms with E-state index < -0.39 is 5.82 Å². The van der Waals surface area contributed by atoms with Gasteiger partial charge >= 0.3 is 0 Å². The molecule has 3 heteroatoms. The third-order valence-corrected chi connectivity index (χ3v) is 1.71. The second-order valence-corrected chi connectivity index (χ2v) is 3.11. The number of nitrogens with two attached hydrogens (primary N) is 1. The minimum absolute atomic E-state index is 0.0250. The maximum absolute atomic E-state index is 12.9. The Morgan fingerprint density at radius 1 is 1.62 bits per heavy atom. The van der Waals surface area contributed by atoms with Crippen LogP contribution in [0.1, 0.15) is 18.1 Å². The molecule has 2 nitrogen and oxygen atoms in total. The molecule has 0 aliphatic carbocycles. The molecule has 0 aliphatic rings. The number of hydrogen-bond acceptors (Lipinski definition) is 2. The highest BCUT2D eigenvalue weighted by Gasteiger charge is 2.03. The standard InChI is InChI=1S/C10H11FN2/c1-7(13)4-8-2-3-10(11)9(5-8)6-12/h2-3,5,7H,4,13H2,1H3/t7-/m0/s1. The fourth-order valence-electron chi connectivity index (χ4n) is 1.16. The fourth-order valence-corrected chi connectivity index (χ4v) is 1.16. The van der Waals surface area contributed by atoms with Gasteiger partial charge in [0.2, 0.25) is 0 Å². The minimum atomic E-state index is -0.476. The SMILES string of the molecule is C[C@H](N)Cc1ccc(F)c(C#N)c1. The van der Waals surface area contributed by atoms with Crippen molar-refractivity contribution in [1.82, 2.24) is 0 Å². The van der Waals surface area contributed by atoms with Crippen molar-refractivity contribution in [2.45, 2.75) is 19.4 Å². The molecule has 0 unspecified atom stereocenters. The molecular formula is C10H11FN2. The lowest BCUT2D eigenvalue weighted by molar-refractivity contribution is 0.622. The predicted octanol–water partition coefficient (Wildman–Crippen LogP) is 1.59. The second-order valence-electron chi connectivity index (χ2n) is 3.11. The van der Waals surface area contributed by atoms with Gasteiger partial charge in [-0.2, -0.15) is 5.26 Å². The highest BCUT2D eigenvalue weighted by atomic mass is 19.1. The van der Waals surface area contributed by atoms with Gasteiger partial charge < -0.3 is 5.73 Å². The zero-order valence-electron chi connectivity index (χ0n) is 7.42. The van der Waals surface area contributed by atoms with Crippen molar-refractivity contribution in [1.29, 1.82) is 5.26 Å². The van der Waals surface area contributed by atoms with E-state index >= 15 is 0 Å². The summed E-state index contributed by atoms with van der Waals surface area (Å²) in [7, 11) is 0. The van der Waals surface area contributed by atoms with E-state index in [2.05, 4.69) is 0 Å². The topological polar surface area (TPSA) is 49.8 Å². The lowest BCUT2D eigenvalue weighted by atomic mass is 10.1. The Morgan fingerprint density at radius 2 is 2.31 bits per heavy atom.